The fourth-order valence-corrected chi connectivity index (χ4v) is 1.87. The summed E-state index contributed by atoms with van der Waals surface area (Å²) < 4.78 is 19.6. The van der Waals surface area contributed by atoms with Crippen LogP contribution in [0.4, 0.5) is 0 Å². The highest BCUT2D eigenvalue weighted by atomic mass is 35.5. The average Bonchev–Trinajstić information content (AvgIpc) is 2.08. The van der Waals surface area contributed by atoms with Crippen LogP contribution in [0.5, 0.6) is 0 Å². The van der Waals surface area contributed by atoms with Gasteiger partial charge in [-0.3, -0.25) is 0 Å². The Balaban J connectivity index is 3.12. The van der Waals surface area contributed by atoms with Crippen molar-refractivity contribution < 1.29 is 8.76 Å². The molecule has 2 unspecified atom stereocenters. The third-order valence-corrected chi connectivity index (χ3v) is 3.14. The molecule has 0 aromatic heterocycles. The molecule has 0 amide bonds. The van der Waals surface area contributed by atoms with Crippen molar-refractivity contribution >= 4 is 34.3 Å². The van der Waals surface area contributed by atoms with Crippen LogP contribution in [0.2, 0.25) is 10.0 Å². The van der Waals surface area contributed by atoms with Crippen molar-refractivity contribution in [3.05, 3.63) is 33.8 Å². The molecule has 0 aliphatic carbocycles. The Labute approximate surface area is 89.1 Å². The third kappa shape index (κ3) is 2.68. The van der Waals surface area contributed by atoms with E-state index in [1.165, 1.54) is 0 Å². The third-order valence-electron chi connectivity index (χ3n) is 1.70. The Kier molecular flexibility index (Phi) is 3.74. The maximum Gasteiger partial charge on any atom is 0.160 e. The van der Waals surface area contributed by atoms with E-state index < -0.39 is 16.3 Å². The predicted molar refractivity (Wildman–Crippen MR) is 55.6 cm³/mol. The lowest BCUT2D eigenvalue weighted by Gasteiger charge is -2.09. The summed E-state index contributed by atoms with van der Waals surface area (Å²) >= 11 is 9.63. The first-order valence-corrected chi connectivity index (χ1v) is 5.49. The molecule has 0 bridgehead atoms. The molecular formula is C8H8Cl2O2S. The van der Waals surface area contributed by atoms with Crippen LogP contribution in [0.25, 0.3) is 0 Å². The molecule has 1 aromatic rings. The smallest absolute Gasteiger partial charge is 0.160 e. The zero-order valence-electron chi connectivity index (χ0n) is 6.83. The first-order chi connectivity index (χ1) is 6.02. The maximum atomic E-state index is 10.8. The van der Waals surface area contributed by atoms with E-state index in [0.29, 0.717) is 15.6 Å². The van der Waals surface area contributed by atoms with Gasteiger partial charge in [-0.25, -0.2) is 4.21 Å². The van der Waals surface area contributed by atoms with Gasteiger partial charge in [0.1, 0.15) is 0 Å². The van der Waals surface area contributed by atoms with Gasteiger partial charge in [0, 0.05) is 10.0 Å². The molecule has 0 aliphatic rings. The summed E-state index contributed by atoms with van der Waals surface area (Å²) in [4.78, 5) is 0. The topological polar surface area (TPSA) is 37.3 Å². The zero-order valence-corrected chi connectivity index (χ0v) is 9.16. The van der Waals surface area contributed by atoms with E-state index in [9.17, 15) is 4.21 Å². The van der Waals surface area contributed by atoms with Crippen LogP contribution in [0, 0.1) is 0 Å². The van der Waals surface area contributed by atoms with E-state index >= 15 is 0 Å². The van der Waals surface area contributed by atoms with Crippen molar-refractivity contribution in [2.24, 2.45) is 0 Å². The lowest BCUT2D eigenvalue weighted by Crippen LogP contribution is -2.01. The van der Waals surface area contributed by atoms with E-state index in [1.807, 2.05) is 0 Å². The lowest BCUT2D eigenvalue weighted by atomic mass is 10.2. The molecule has 0 saturated heterocycles. The molecular weight excluding hydrogens is 231 g/mol. The van der Waals surface area contributed by atoms with Crippen molar-refractivity contribution in [2.45, 2.75) is 12.2 Å². The molecule has 1 aromatic carbocycles. The Bertz CT molecular complexity index is 341. The van der Waals surface area contributed by atoms with Crippen molar-refractivity contribution in [2.75, 3.05) is 0 Å². The van der Waals surface area contributed by atoms with Gasteiger partial charge in [0.15, 0.2) is 11.1 Å². The van der Waals surface area contributed by atoms with Crippen molar-refractivity contribution in [1.29, 1.82) is 0 Å². The molecule has 0 heterocycles. The van der Waals surface area contributed by atoms with Crippen LogP contribution in [-0.4, -0.2) is 8.76 Å². The molecule has 0 fully saturated rings. The van der Waals surface area contributed by atoms with E-state index in [4.69, 9.17) is 27.8 Å². The Morgan fingerprint density at radius 1 is 1.46 bits per heavy atom. The average molecular weight is 239 g/mol. The second-order valence-electron chi connectivity index (χ2n) is 2.58. The Morgan fingerprint density at radius 2 is 2.08 bits per heavy atom. The van der Waals surface area contributed by atoms with Crippen molar-refractivity contribution in [1.82, 2.24) is 0 Å². The van der Waals surface area contributed by atoms with Crippen LogP contribution in [0.1, 0.15) is 17.7 Å². The first kappa shape index (κ1) is 11.0. The van der Waals surface area contributed by atoms with Gasteiger partial charge in [-0.1, -0.05) is 23.2 Å². The summed E-state index contributed by atoms with van der Waals surface area (Å²) in [5.41, 5.74) is 0.593. The summed E-state index contributed by atoms with van der Waals surface area (Å²) in [7, 11) is 0. The molecule has 2 atom stereocenters. The van der Waals surface area contributed by atoms with Gasteiger partial charge in [-0.2, -0.15) is 0 Å². The molecule has 13 heavy (non-hydrogen) atoms. The highest BCUT2D eigenvalue weighted by molar-refractivity contribution is 7.79. The van der Waals surface area contributed by atoms with Crippen LogP contribution >= 0.6 is 23.2 Å². The standard InChI is InChI=1S/C8H8Cl2O2S/c1-5(13(11)12)7-4-6(9)2-3-8(7)10/h2-5H,1H3,(H,11,12). The zero-order chi connectivity index (χ0) is 10.0. The summed E-state index contributed by atoms with van der Waals surface area (Å²) in [5, 5.41) is 0.446. The number of halogens is 2. The maximum absolute atomic E-state index is 10.8. The minimum absolute atomic E-state index is 0.458. The van der Waals surface area contributed by atoms with E-state index in [2.05, 4.69) is 0 Å². The fourth-order valence-electron chi connectivity index (χ4n) is 0.935. The highest BCUT2D eigenvalue weighted by Crippen LogP contribution is 2.28. The second kappa shape index (κ2) is 4.42. The first-order valence-electron chi connectivity index (χ1n) is 3.57. The van der Waals surface area contributed by atoms with Gasteiger partial charge in [-0.15, -0.1) is 0 Å². The normalized spacial score (nSPS) is 15.4. The Hall–Kier alpha value is -0.0900. The minimum atomic E-state index is -1.92. The van der Waals surface area contributed by atoms with Crippen molar-refractivity contribution in [3.8, 4) is 0 Å². The second-order valence-corrected chi connectivity index (χ2v) is 4.69. The van der Waals surface area contributed by atoms with E-state index in [0.717, 1.165) is 0 Å². The molecule has 1 rings (SSSR count). The number of hydrogen-bond donors (Lipinski definition) is 1. The summed E-state index contributed by atoms with van der Waals surface area (Å²) in [6, 6.07) is 4.85. The molecule has 0 saturated carbocycles. The monoisotopic (exact) mass is 238 g/mol. The molecule has 5 heteroatoms. The van der Waals surface area contributed by atoms with Gasteiger partial charge in [0.2, 0.25) is 0 Å². The van der Waals surface area contributed by atoms with Gasteiger partial charge < -0.3 is 4.55 Å². The van der Waals surface area contributed by atoms with Gasteiger partial charge in [-0.05, 0) is 30.7 Å². The number of rotatable bonds is 2. The molecule has 0 radical (unpaired) electrons. The summed E-state index contributed by atoms with van der Waals surface area (Å²) in [6.07, 6.45) is 0. The summed E-state index contributed by atoms with van der Waals surface area (Å²) in [6.45, 7) is 1.62. The summed E-state index contributed by atoms with van der Waals surface area (Å²) in [5.74, 6) is 0. The van der Waals surface area contributed by atoms with Gasteiger partial charge in [0.05, 0.1) is 5.25 Å². The SMILES string of the molecule is CC(c1cc(Cl)ccc1Cl)S(=O)O. The molecule has 0 spiro atoms. The highest BCUT2D eigenvalue weighted by Gasteiger charge is 2.14. The van der Waals surface area contributed by atoms with Gasteiger partial charge >= 0.3 is 0 Å². The fraction of sp³-hybridized carbons (Fsp3) is 0.250. The Morgan fingerprint density at radius 3 is 2.62 bits per heavy atom. The lowest BCUT2D eigenvalue weighted by molar-refractivity contribution is 0.554. The van der Waals surface area contributed by atoms with Crippen LogP contribution in [-0.2, 0) is 11.1 Å². The number of benzene rings is 1. The van der Waals surface area contributed by atoms with E-state index in [1.54, 1.807) is 25.1 Å². The van der Waals surface area contributed by atoms with Gasteiger partial charge in [0.25, 0.3) is 0 Å². The van der Waals surface area contributed by atoms with Crippen LogP contribution < -0.4 is 0 Å². The number of hydrogen-bond acceptors (Lipinski definition) is 1. The van der Waals surface area contributed by atoms with E-state index in [-0.39, 0.29) is 0 Å². The minimum Gasteiger partial charge on any atom is -0.306 e. The predicted octanol–water partition coefficient (Wildman–Crippen LogP) is 3.28. The molecule has 2 nitrogen and oxygen atoms in total. The van der Waals surface area contributed by atoms with Crippen LogP contribution in [0.15, 0.2) is 18.2 Å². The van der Waals surface area contributed by atoms with Crippen molar-refractivity contribution in [3.63, 3.8) is 0 Å². The quantitative estimate of drug-likeness (QED) is 0.804. The molecule has 1 N–H and O–H groups in total. The largest absolute Gasteiger partial charge is 0.306 e. The van der Waals surface area contributed by atoms with Crippen LogP contribution in [0.3, 0.4) is 0 Å². The molecule has 72 valence electrons. The molecule has 0 aliphatic heterocycles.